The van der Waals surface area contributed by atoms with Gasteiger partial charge < -0.3 is 9.84 Å². The fraction of sp³-hybridized carbons (Fsp3) is 0.250. The first-order valence-corrected chi connectivity index (χ1v) is 7.01. The van der Waals surface area contributed by atoms with Gasteiger partial charge in [0.15, 0.2) is 0 Å². The smallest absolute Gasteiger partial charge is 0.125 e. The molecule has 0 heterocycles. The molecule has 0 spiro atoms. The van der Waals surface area contributed by atoms with Crippen molar-refractivity contribution >= 4 is 15.9 Å². The molecular weight excluding hydrogens is 304 g/mol. The van der Waals surface area contributed by atoms with Crippen LogP contribution in [0.1, 0.15) is 29.7 Å². The molecule has 2 nitrogen and oxygen atoms in total. The van der Waals surface area contributed by atoms with Gasteiger partial charge in [0.25, 0.3) is 0 Å². The highest BCUT2D eigenvalue weighted by atomic mass is 79.9. The van der Waals surface area contributed by atoms with E-state index in [4.69, 9.17) is 4.74 Å². The second-order valence-electron chi connectivity index (χ2n) is 4.64. The van der Waals surface area contributed by atoms with Crippen molar-refractivity contribution in [3.8, 4) is 5.75 Å². The molecule has 0 unspecified atom stereocenters. The van der Waals surface area contributed by atoms with E-state index in [2.05, 4.69) is 15.9 Å². The summed E-state index contributed by atoms with van der Waals surface area (Å²) in [5, 5.41) is 9.78. The van der Waals surface area contributed by atoms with Crippen LogP contribution < -0.4 is 4.74 Å². The molecule has 2 rings (SSSR count). The summed E-state index contributed by atoms with van der Waals surface area (Å²) in [6.07, 6.45) is -0.530. The molecule has 0 aliphatic heterocycles. The van der Waals surface area contributed by atoms with Gasteiger partial charge in [0, 0.05) is 10.0 Å². The maximum Gasteiger partial charge on any atom is 0.125 e. The van der Waals surface area contributed by atoms with Crippen molar-refractivity contribution in [1.82, 2.24) is 0 Å². The molecule has 0 saturated heterocycles. The zero-order chi connectivity index (χ0) is 13.8. The summed E-state index contributed by atoms with van der Waals surface area (Å²) in [5.74, 6) is 0.737. The van der Waals surface area contributed by atoms with Crippen LogP contribution in [-0.2, 0) is 6.61 Å². The fourth-order valence-corrected chi connectivity index (χ4v) is 2.36. The van der Waals surface area contributed by atoms with Crippen LogP contribution in [0.3, 0.4) is 0 Å². The number of aryl methyl sites for hydroxylation is 1. The normalized spacial score (nSPS) is 12.2. The van der Waals surface area contributed by atoms with Crippen molar-refractivity contribution in [1.29, 1.82) is 0 Å². The molecule has 0 aromatic heterocycles. The van der Waals surface area contributed by atoms with Crippen molar-refractivity contribution < 1.29 is 9.84 Å². The van der Waals surface area contributed by atoms with Crippen LogP contribution in [0.25, 0.3) is 0 Å². The fourth-order valence-electron chi connectivity index (χ4n) is 1.91. The highest BCUT2D eigenvalue weighted by Crippen LogP contribution is 2.27. The van der Waals surface area contributed by atoms with Crippen molar-refractivity contribution in [2.75, 3.05) is 0 Å². The lowest BCUT2D eigenvalue weighted by atomic mass is 10.1. The predicted octanol–water partition coefficient (Wildman–Crippen LogP) is 4.39. The van der Waals surface area contributed by atoms with Crippen molar-refractivity contribution in [2.45, 2.75) is 26.6 Å². The topological polar surface area (TPSA) is 29.5 Å². The van der Waals surface area contributed by atoms with Crippen LogP contribution in [0.4, 0.5) is 0 Å². The Morgan fingerprint density at radius 1 is 1.21 bits per heavy atom. The molecular formula is C16H17BrO2. The van der Waals surface area contributed by atoms with Gasteiger partial charge in [-0.25, -0.2) is 0 Å². The zero-order valence-corrected chi connectivity index (χ0v) is 12.6. The third-order valence-electron chi connectivity index (χ3n) is 2.90. The predicted molar refractivity (Wildman–Crippen MR) is 80.3 cm³/mol. The van der Waals surface area contributed by atoms with Crippen LogP contribution in [0.15, 0.2) is 46.9 Å². The minimum atomic E-state index is -0.530. The number of rotatable bonds is 4. The van der Waals surface area contributed by atoms with Gasteiger partial charge in [-0.2, -0.15) is 0 Å². The Hall–Kier alpha value is -1.32. The summed E-state index contributed by atoms with van der Waals surface area (Å²) in [4.78, 5) is 0. The van der Waals surface area contributed by atoms with Gasteiger partial charge in [0.05, 0.1) is 6.10 Å². The van der Waals surface area contributed by atoms with Crippen LogP contribution in [0.2, 0.25) is 0 Å². The standard InChI is InChI=1S/C16H17BrO2/c1-11-6-7-16(15(8-11)12(2)18)19-10-13-4-3-5-14(17)9-13/h3-9,12,18H,10H2,1-2H3/t12-/m0/s1. The molecule has 0 fully saturated rings. The van der Waals surface area contributed by atoms with Crippen molar-refractivity contribution in [2.24, 2.45) is 0 Å². The number of hydrogen-bond acceptors (Lipinski definition) is 2. The maximum atomic E-state index is 9.78. The molecule has 1 atom stereocenters. The SMILES string of the molecule is Cc1ccc(OCc2cccc(Br)c2)c([C@H](C)O)c1. The van der Waals surface area contributed by atoms with Crippen molar-refractivity contribution in [3.05, 3.63) is 63.6 Å². The molecule has 0 aliphatic carbocycles. The van der Waals surface area contributed by atoms with Gasteiger partial charge in [0.1, 0.15) is 12.4 Å². The Kier molecular flexibility index (Phi) is 4.61. The maximum absolute atomic E-state index is 9.78. The molecule has 100 valence electrons. The molecule has 0 radical (unpaired) electrons. The van der Waals surface area contributed by atoms with E-state index in [9.17, 15) is 5.11 Å². The first-order chi connectivity index (χ1) is 9.06. The Bertz CT molecular complexity index is 564. The van der Waals surface area contributed by atoms with Gasteiger partial charge >= 0.3 is 0 Å². The van der Waals surface area contributed by atoms with Gasteiger partial charge in [-0.3, -0.25) is 0 Å². The number of hydrogen-bond donors (Lipinski definition) is 1. The van der Waals surface area contributed by atoms with E-state index in [-0.39, 0.29) is 0 Å². The van der Waals surface area contributed by atoms with E-state index in [0.29, 0.717) is 6.61 Å². The summed E-state index contributed by atoms with van der Waals surface area (Å²) >= 11 is 3.44. The number of ether oxygens (including phenoxy) is 1. The van der Waals surface area contributed by atoms with E-state index >= 15 is 0 Å². The van der Waals surface area contributed by atoms with E-state index in [1.165, 1.54) is 0 Å². The number of halogens is 1. The Morgan fingerprint density at radius 2 is 2.00 bits per heavy atom. The van der Waals surface area contributed by atoms with E-state index in [0.717, 1.165) is 26.9 Å². The molecule has 1 N–H and O–H groups in total. The van der Waals surface area contributed by atoms with Gasteiger partial charge in [-0.15, -0.1) is 0 Å². The Balaban J connectivity index is 2.15. The molecule has 3 heteroatoms. The largest absolute Gasteiger partial charge is 0.489 e. The van der Waals surface area contributed by atoms with E-state index in [1.54, 1.807) is 6.92 Å². The first kappa shape index (κ1) is 14.1. The molecule has 0 aliphatic rings. The lowest BCUT2D eigenvalue weighted by Gasteiger charge is -2.14. The highest BCUT2D eigenvalue weighted by Gasteiger charge is 2.09. The second-order valence-corrected chi connectivity index (χ2v) is 5.55. The average molecular weight is 321 g/mol. The van der Waals surface area contributed by atoms with Crippen LogP contribution >= 0.6 is 15.9 Å². The van der Waals surface area contributed by atoms with Crippen LogP contribution in [0.5, 0.6) is 5.75 Å². The summed E-state index contributed by atoms with van der Waals surface area (Å²) in [6.45, 7) is 4.24. The second kappa shape index (κ2) is 6.22. The molecule has 0 amide bonds. The third kappa shape index (κ3) is 3.82. The Labute approximate surface area is 122 Å². The number of aliphatic hydroxyl groups is 1. The first-order valence-electron chi connectivity index (χ1n) is 6.22. The summed E-state index contributed by atoms with van der Waals surface area (Å²) in [6, 6.07) is 13.9. The molecule has 0 bridgehead atoms. The minimum absolute atomic E-state index is 0.488. The highest BCUT2D eigenvalue weighted by molar-refractivity contribution is 9.10. The van der Waals surface area contributed by atoms with Crippen LogP contribution in [-0.4, -0.2) is 5.11 Å². The van der Waals surface area contributed by atoms with Crippen molar-refractivity contribution in [3.63, 3.8) is 0 Å². The van der Waals surface area contributed by atoms with Gasteiger partial charge in [0.2, 0.25) is 0 Å². The minimum Gasteiger partial charge on any atom is -0.489 e. The summed E-state index contributed by atoms with van der Waals surface area (Å²) < 4.78 is 6.85. The molecule has 19 heavy (non-hydrogen) atoms. The summed E-state index contributed by atoms with van der Waals surface area (Å²) in [5.41, 5.74) is 3.03. The summed E-state index contributed by atoms with van der Waals surface area (Å²) in [7, 11) is 0. The zero-order valence-electron chi connectivity index (χ0n) is 11.1. The monoisotopic (exact) mass is 320 g/mol. The molecule has 2 aromatic carbocycles. The van der Waals surface area contributed by atoms with E-state index < -0.39 is 6.10 Å². The van der Waals surface area contributed by atoms with Crippen LogP contribution in [0, 0.1) is 6.92 Å². The average Bonchev–Trinajstić information content (AvgIpc) is 2.37. The Morgan fingerprint density at radius 3 is 2.68 bits per heavy atom. The number of aliphatic hydroxyl groups excluding tert-OH is 1. The van der Waals surface area contributed by atoms with E-state index in [1.807, 2.05) is 49.4 Å². The molecule has 0 saturated carbocycles. The third-order valence-corrected chi connectivity index (χ3v) is 3.39. The van der Waals surface area contributed by atoms with Gasteiger partial charge in [-0.05, 0) is 43.7 Å². The lowest BCUT2D eigenvalue weighted by Crippen LogP contribution is -2.01. The van der Waals surface area contributed by atoms with Gasteiger partial charge in [-0.1, -0.05) is 39.7 Å². The quantitative estimate of drug-likeness (QED) is 0.905. The molecule has 2 aromatic rings. The lowest BCUT2D eigenvalue weighted by molar-refractivity contribution is 0.190. The number of benzene rings is 2.